The largest absolute Gasteiger partial charge is 0.573 e. The van der Waals surface area contributed by atoms with Crippen LogP contribution in [0.4, 0.5) is 18.9 Å². The fourth-order valence-corrected chi connectivity index (χ4v) is 2.38. The van der Waals surface area contributed by atoms with E-state index in [0.29, 0.717) is 6.04 Å². The summed E-state index contributed by atoms with van der Waals surface area (Å²) in [4.78, 5) is 2.11. The Bertz CT molecular complexity index is 437. The molecular formula is C14H19F3N2O. The molecule has 1 saturated heterocycles. The Morgan fingerprint density at radius 1 is 1.40 bits per heavy atom. The summed E-state index contributed by atoms with van der Waals surface area (Å²) in [7, 11) is 0. The monoisotopic (exact) mass is 288 g/mol. The summed E-state index contributed by atoms with van der Waals surface area (Å²) in [5.74, 6) is -0.166. The van der Waals surface area contributed by atoms with Crippen LogP contribution in [0.5, 0.6) is 5.75 Å². The van der Waals surface area contributed by atoms with Gasteiger partial charge in [-0.15, -0.1) is 13.2 Å². The van der Waals surface area contributed by atoms with Crippen molar-refractivity contribution < 1.29 is 17.9 Å². The molecule has 1 aliphatic heterocycles. The zero-order valence-electron chi connectivity index (χ0n) is 11.4. The van der Waals surface area contributed by atoms with Gasteiger partial charge in [-0.25, -0.2) is 0 Å². The third-order valence-electron chi connectivity index (χ3n) is 3.39. The Morgan fingerprint density at radius 2 is 2.20 bits per heavy atom. The first-order chi connectivity index (χ1) is 9.48. The molecule has 1 N–H and O–H groups in total. The van der Waals surface area contributed by atoms with Gasteiger partial charge < -0.3 is 15.0 Å². The molecule has 20 heavy (non-hydrogen) atoms. The van der Waals surface area contributed by atoms with Gasteiger partial charge in [-0.05, 0) is 31.5 Å². The van der Waals surface area contributed by atoms with E-state index in [0.717, 1.165) is 38.2 Å². The third-order valence-corrected chi connectivity index (χ3v) is 3.39. The molecule has 1 aromatic carbocycles. The average molecular weight is 288 g/mol. The highest BCUT2D eigenvalue weighted by molar-refractivity contribution is 5.51. The molecule has 0 spiro atoms. The van der Waals surface area contributed by atoms with E-state index in [2.05, 4.69) is 21.9 Å². The topological polar surface area (TPSA) is 24.5 Å². The van der Waals surface area contributed by atoms with Gasteiger partial charge in [0.15, 0.2) is 0 Å². The van der Waals surface area contributed by atoms with Crippen LogP contribution >= 0.6 is 0 Å². The quantitative estimate of drug-likeness (QED) is 0.924. The summed E-state index contributed by atoms with van der Waals surface area (Å²) in [6.45, 7) is 4.67. The van der Waals surface area contributed by atoms with E-state index in [-0.39, 0.29) is 5.75 Å². The molecular weight excluding hydrogens is 269 g/mol. The van der Waals surface area contributed by atoms with Crippen LogP contribution in [0.25, 0.3) is 0 Å². The van der Waals surface area contributed by atoms with Crippen molar-refractivity contribution in [3.63, 3.8) is 0 Å². The number of rotatable bonds is 3. The van der Waals surface area contributed by atoms with Gasteiger partial charge in [0.05, 0.1) is 0 Å². The number of halogens is 3. The number of ether oxygens (including phenoxy) is 1. The minimum Gasteiger partial charge on any atom is -0.406 e. The van der Waals surface area contributed by atoms with Crippen molar-refractivity contribution in [1.29, 1.82) is 0 Å². The van der Waals surface area contributed by atoms with E-state index in [1.807, 2.05) is 6.07 Å². The first-order valence-electron chi connectivity index (χ1n) is 6.82. The Morgan fingerprint density at radius 3 is 2.90 bits per heavy atom. The lowest BCUT2D eigenvalue weighted by molar-refractivity contribution is -0.274. The number of alkyl halides is 3. The molecule has 0 radical (unpaired) electrons. The molecule has 1 aromatic rings. The Kier molecular flexibility index (Phi) is 4.75. The van der Waals surface area contributed by atoms with Gasteiger partial charge in [0.2, 0.25) is 0 Å². The molecule has 1 aliphatic rings. The minimum atomic E-state index is -4.65. The highest BCUT2D eigenvalue weighted by atomic mass is 19.4. The van der Waals surface area contributed by atoms with Crippen molar-refractivity contribution in [2.75, 3.05) is 24.5 Å². The van der Waals surface area contributed by atoms with Gasteiger partial charge >= 0.3 is 6.36 Å². The average Bonchev–Trinajstić information content (AvgIpc) is 2.62. The number of benzene rings is 1. The summed E-state index contributed by atoms with van der Waals surface area (Å²) >= 11 is 0. The lowest BCUT2D eigenvalue weighted by Gasteiger charge is -2.26. The van der Waals surface area contributed by atoms with Crippen molar-refractivity contribution in [3.8, 4) is 5.75 Å². The molecule has 112 valence electrons. The maximum Gasteiger partial charge on any atom is 0.573 e. The smallest absolute Gasteiger partial charge is 0.406 e. The second-order valence-corrected chi connectivity index (χ2v) is 4.90. The van der Waals surface area contributed by atoms with Crippen LogP contribution in [0.15, 0.2) is 24.3 Å². The van der Waals surface area contributed by atoms with Crippen LogP contribution in [0.2, 0.25) is 0 Å². The summed E-state index contributed by atoms with van der Waals surface area (Å²) in [6, 6.07) is 6.55. The van der Waals surface area contributed by atoms with Gasteiger partial charge in [0, 0.05) is 30.9 Å². The second kappa shape index (κ2) is 6.35. The summed E-state index contributed by atoms with van der Waals surface area (Å²) < 4.78 is 40.7. The maximum absolute atomic E-state index is 12.3. The molecule has 1 fully saturated rings. The first-order valence-corrected chi connectivity index (χ1v) is 6.82. The van der Waals surface area contributed by atoms with Crippen LogP contribution < -0.4 is 15.0 Å². The van der Waals surface area contributed by atoms with E-state index in [1.165, 1.54) is 12.1 Å². The molecule has 0 saturated carbocycles. The molecule has 6 heteroatoms. The first kappa shape index (κ1) is 15.0. The summed E-state index contributed by atoms with van der Waals surface area (Å²) in [5.41, 5.74) is 0.772. The van der Waals surface area contributed by atoms with E-state index in [9.17, 15) is 13.2 Å². The lowest BCUT2D eigenvalue weighted by Crippen LogP contribution is -2.37. The number of nitrogens with one attached hydrogen (secondary N) is 1. The molecule has 3 nitrogen and oxygen atoms in total. The van der Waals surface area contributed by atoms with Crippen molar-refractivity contribution in [2.24, 2.45) is 0 Å². The lowest BCUT2D eigenvalue weighted by atomic mass is 10.2. The molecule has 1 unspecified atom stereocenters. The Hall–Kier alpha value is -1.43. The van der Waals surface area contributed by atoms with Crippen molar-refractivity contribution in [1.82, 2.24) is 5.32 Å². The molecule has 0 bridgehead atoms. The van der Waals surface area contributed by atoms with E-state index < -0.39 is 6.36 Å². The van der Waals surface area contributed by atoms with E-state index >= 15 is 0 Å². The van der Waals surface area contributed by atoms with Crippen LogP contribution in [-0.2, 0) is 0 Å². The SMILES string of the molecule is CCC1CN(c2cccc(OC(F)(F)F)c2)CCCN1. The van der Waals surface area contributed by atoms with Crippen molar-refractivity contribution in [3.05, 3.63) is 24.3 Å². The molecule has 1 heterocycles. The molecule has 0 aliphatic carbocycles. The molecule has 0 aromatic heterocycles. The number of anilines is 1. The van der Waals surface area contributed by atoms with Crippen molar-refractivity contribution in [2.45, 2.75) is 32.2 Å². The molecule has 2 rings (SSSR count). The highest BCUT2D eigenvalue weighted by Crippen LogP contribution is 2.27. The Balaban J connectivity index is 2.12. The predicted octanol–water partition coefficient (Wildman–Crippen LogP) is 3.16. The van der Waals surface area contributed by atoms with Gasteiger partial charge in [0.25, 0.3) is 0 Å². The van der Waals surface area contributed by atoms with Gasteiger partial charge in [-0.1, -0.05) is 13.0 Å². The van der Waals surface area contributed by atoms with E-state index in [4.69, 9.17) is 0 Å². The normalized spacial score (nSPS) is 20.6. The highest BCUT2D eigenvalue weighted by Gasteiger charge is 2.31. The number of hydrogen-bond donors (Lipinski definition) is 1. The summed E-state index contributed by atoms with van der Waals surface area (Å²) in [6.07, 6.45) is -2.68. The van der Waals surface area contributed by atoms with Crippen molar-refractivity contribution >= 4 is 5.69 Å². The van der Waals surface area contributed by atoms with Gasteiger partial charge in [-0.2, -0.15) is 0 Å². The standard InChI is InChI=1S/C14H19F3N2O/c1-2-11-10-19(8-4-7-18-11)12-5-3-6-13(9-12)20-14(15,16)17/h3,5-6,9,11,18H,2,4,7-8,10H2,1H3. The fourth-order valence-electron chi connectivity index (χ4n) is 2.38. The summed E-state index contributed by atoms with van der Waals surface area (Å²) in [5, 5.41) is 3.43. The molecule has 1 atom stereocenters. The zero-order valence-corrected chi connectivity index (χ0v) is 11.4. The van der Waals surface area contributed by atoms with E-state index in [1.54, 1.807) is 6.07 Å². The second-order valence-electron chi connectivity index (χ2n) is 4.90. The van der Waals surface area contributed by atoms with Crippen LogP contribution in [-0.4, -0.2) is 32.0 Å². The predicted molar refractivity (Wildman–Crippen MR) is 72.0 cm³/mol. The third kappa shape index (κ3) is 4.30. The molecule has 0 amide bonds. The Labute approximate surface area is 116 Å². The van der Waals surface area contributed by atoms with Crippen LogP contribution in [0, 0.1) is 0 Å². The minimum absolute atomic E-state index is 0.166. The maximum atomic E-state index is 12.3. The number of hydrogen-bond acceptors (Lipinski definition) is 3. The van der Waals surface area contributed by atoms with Gasteiger partial charge in [0.1, 0.15) is 5.75 Å². The fraction of sp³-hybridized carbons (Fsp3) is 0.571. The van der Waals surface area contributed by atoms with Crippen LogP contribution in [0.3, 0.4) is 0 Å². The van der Waals surface area contributed by atoms with Crippen LogP contribution in [0.1, 0.15) is 19.8 Å². The van der Waals surface area contributed by atoms with Gasteiger partial charge in [-0.3, -0.25) is 0 Å². The number of nitrogens with zero attached hydrogens (tertiary/aromatic N) is 1. The zero-order chi connectivity index (χ0) is 14.6.